The van der Waals surface area contributed by atoms with Crippen LogP contribution in [0, 0.1) is 0 Å². The first kappa shape index (κ1) is 27.0. The molecule has 4 N–H and O–H groups in total. The van der Waals surface area contributed by atoms with Crippen molar-refractivity contribution in [1.29, 1.82) is 0 Å². The largest absolute Gasteiger partial charge is 0.486 e. The maximum absolute atomic E-state index is 12.5. The fourth-order valence-corrected chi connectivity index (χ4v) is 4.79. The third-order valence-corrected chi connectivity index (χ3v) is 6.64. The molecule has 0 saturated heterocycles. The van der Waals surface area contributed by atoms with Gasteiger partial charge in [0.05, 0.1) is 35.8 Å². The number of anilines is 3. The van der Waals surface area contributed by atoms with Crippen LogP contribution in [0.1, 0.15) is 13.3 Å². The summed E-state index contributed by atoms with van der Waals surface area (Å²) in [5.41, 5.74) is 14.5. The molecule has 4 rings (SSSR count). The number of halogens is 3. The molecule has 2 aliphatic rings. The fraction of sp³-hybridized carbons (Fsp3) is 0.360. The second kappa shape index (κ2) is 12.0. The van der Waals surface area contributed by atoms with E-state index in [1.165, 1.54) is 6.20 Å². The Balaban J connectivity index is 1.50. The lowest BCUT2D eigenvalue weighted by molar-refractivity contribution is -0.117. The van der Waals surface area contributed by atoms with Gasteiger partial charge in [0.15, 0.2) is 6.10 Å². The van der Waals surface area contributed by atoms with Crippen LogP contribution in [0.4, 0.5) is 17.1 Å². The Kier molecular flexibility index (Phi) is 8.79. The summed E-state index contributed by atoms with van der Waals surface area (Å²) in [5.74, 6) is 0.327. The number of nitrogens with one attached hydrogen (secondary N) is 2. The van der Waals surface area contributed by atoms with Crippen LogP contribution in [0.2, 0.25) is 0 Å². The Morgan fingerprint density at radius 2 is 1.73 bits per heavy atom. The maximum Gasteiger partial charge on any atom is 0.242 e. The number of nitrogens with zero attached hydrogens (tertiary/aromatic N) is 2. The summed E-state index contributed by atoms with van der Waals surface area (Å²) >= 11 is 17.9. The van der Waals surface area contributed by atoms with Gasteiger partial charge in [0.2, 0.25) is 11.8 Å². The number of ether oxygens (including phenoxy) is 2. The zero-order chi connectivity index (χ0) is 26.5. The van der Waals surface area contributed by atoms with Crippen LogP contribution in [0.3, 0.4) is 0 Å². The van der Waals surface area contributed by atoms with E-state index < -0.39 is 6.10 Å². The topological polar surface area (TPSA) is 109 Å². The second-order valence-electron chi connectivity index (χ2n) is 8.66. The van der Waals surface area contributed by atoms with E-state index in [4.69, 9.17) is 50.0 Å². The van der Waals surface area contributed by atoms with Crippen molar-refractivity contribution in [3.8, 4) is 11.5 Å². The minimum Gasteiger partial charge on any atom is -0.486 e. The van der Waals surface area contributed by atoms with E-state index in [2.05, 4.69) is 10.9 Å². The number of hydrogen-bond acceptors (Lipinski definition) is 7. The molecule has 2 aliphatic heterocycles. The number of fused-ring (bicyclic) bond motifs is 2. The highest BCUT2D eigenvalue weighted by atomic mass is 35.5. The van der Waals surface area contributed by atoms with Crippen LogP contribution in [-0.4, -0.2) is 54.2 Å². The molecular formula is C25H28Cl3N5O4. The van der Waals surface area contributed by atoms with Crippen molar-refractivity contribution >= 4 is 63.7 Å². The van der Waals surface area contributed by atoms with E-state index in [1.807, 2.05) is 19.1 Å². The van der Waals surface area contributed by atoms with E-state index in [-0.39, 0.29) is 41.6 Å². The number of nitrogens with two attached hydrogens (primary N) is 1. The van der Waals surface area contributed by atoms with Gasteiger partial charge in [0.1, 0.15) is 29.4 Å². The summed E-state index contributed by atoms with van der Waals surface area (Å²) in [5, 5.41) is -0.120. The van der Waals surface area contributed by atoms with Crippen molar-refractivity contribution in [2.24, 2.45) is 5.73 Å². The van der Waals surface area contributed by atoms with E-state index in [9.17, 15) is 9.59 Å². The van der Waals surface area contributed by atoms with Crippen molar-refractivity contribution in [2.45, 2.75) is 30.9 Å². The van der Waals surface area contributed by atoms with E-state index in [0.717, 1.165) is 0 Å². The van der Waals surface area contributed by atoms with Gasteiger partial charge in [-0.2, -0.15) is 0 Å². The Morgan fingerprint density at radius 1 is 1.05 bits per heavy atom. The highest BCUT2D eigenvalue weighted by Crippen LogP contribution is 2.37. The minimum absolute atomic E-state index is 0.120. The maximum atomic E-state index is 12.5. The molecule has 3 unspecified atom stereocenters. The van der Waals surface area contributed by atoms with Crippen molar-refractivity contribution < 1.29 is 19.1 Å². The monoisotopic (exact) mass is 567 g/mol. The Bertz CT molecular complexity index is 1180. The van der Waals surface area contributed by atoms with E-state index in [0.29, 0.717) is 47.2 Å². The number of carbonyl (C=O) groups excluding carboxylic acids is 2. The van der Waals surface area contributed by atoms with Gasteiger partial charge in [-0.15, -0.1) is 34.8 Å². The average molecular weight is 569 g/mol. The van der Waals surface area contributed by atoms with Crippen molar-refractivity contribution in [3.05, 3.63) is 54.4 Å². The SMILES string of the molecule is CC(Cl)CC1CN(C(=O)CCl)c2ccc(NN/C(=C\N)C3CN(C(=O)CCl)c4ccccc4O3)cc2O1. The molecule has 0 spiro atoms. The van der Waals surface area contributed by atoms with Gasteiger partial charge in [0, 0.05) is 24.1 Å². The zero-order valence-electron chi connectivity index (χ0n) is 20.1. The molecule has 37 heavy (non-hydrogen) atoms. The first-order valence-corrected chi connectivity index (χ1v) is 13.2. The van der Waals surface area contributed by atoms with Gasteiger partial charge in [-0.1, -0.05) is 12.1 Å². The summed E-state index contributed by atoms with van der Waals surface area (Å²) < 4.78 is 12.3. The summed E-state index contributed by atoms with van der Waals surface area (Å²) in [6, 6.07) is 12.6. The highest BCUT2D eigenvalue weighted by Gasteiger charge is 2.32. The predicted octanol–water partition coefficient (Wildman–Crippen LogP) is 3.79. The number of rotatable bonds is 8. The summed E-state index contributed by atoms with van der Waals surface area (Å²) in [4.78, 5) is 28.1. The molecule has 0 fully saturated rings. The molecule has 2 aromatic carbocycles. The Hall–Kier alpha value is -3.01. The number of hydrogen-bond donors (Lipinski definition) is 3. The van der Waals surface area contributed by atoms with Gasteiger partial charge < -0.3 is 30.4 Å². The molecule has 0 aromatic heterocycles. The molecule has 9 nitrogen and oxygen atoms in total. The van der Waals surface area contributed by atoms with Gasteiger partial charge >= 0.3 is 0 Å². The smallest absolute Gasteiger partial charge is 0.242 e. The first-order chi connectivity index (χ1) is 17.8. The van der Waals surface area contributed by atoms with Crippen molar-refractivity contribution in [1.82, 2.24) is 5.43 Å². The van der Waals surface area contributed by atoms with E-state index >= 15 is 0 Å². The molecule has 3 atom stereocenters. The standard InChI is InChI=1S/C25H28Cl3N5O4/c1-15(28)8-17-13-32(24(34)10-26)20-7-6-16(9-22(20)36-17)30-31-18(12-29)23-14-33(25(35)11-27)19-4-2-3-5-21(19)37-23/h2-7,9,12,15,17,23,30-31H,8,10-11,13-14,29H2,1H3/b18-12-. The second-order valence-corrected chi connectivity index (χ2v) is 9.94. The quantitative estimate of drug-likeness (QED) is 0.328. The van der Waals surface area contributed by atoms with Crippen LogP contribution in [0.5, 0.6) is 11.5 Å². The van der Waals surface area contributed by atoms with Gasteiger partial charge in [-0.3, -0.25) is 15.0 Å². The number of alkyl halides is 3. The Morgan fingerprint density at radius 3 is 2.41 bits per heavy atom. The van der Waals surface area contributed by atoms with Crippen LogP contribution in [-0.2, 0) is 9.59 Å². The van der Waals surface area contributed by atoms with Gasteiger partial charge in [-0.05, 0) is 31.2 Å². The third-order valence-electron chi connectivity index (χ3n) is 6.00. The number of amides is 2. The molecule has 2 amide bonds. The molecule has 2 aromatic rings. The molecule has 2 heterocycles. The summed E-state index contributed by atoms with van der Waals surface area (Å²) in [7, 11) is 0. The third kappa shape index (κ3) is 6.11. The number of hydrazine groups is 1. The lowest BCUT2D eigenvalue weighted by Gasteiger charge is -2.36. The number of para-hydroxylation sites is 2. The van der Waals surface area contributed by atoms with Crippen LogP contribution < -0.4 is 35.9 Å². The van der Waals surface area contributed by atoms with Crippen LogP contribution >= 0.6 is 34.8 Å². The first-order valence-electron chi connectivity index (χ1n) is 11.7. The molecular weight excluding hydrogens is 541 g/mol. The molecule has 198 valence electrons. The molecule has 12 heteroatoms. The summed E-state index contributed by atoms with van der Waals surface area (Å²) in [6.07, 6.45) is 1.11. The van der Waals surface area contributed by atoms with Gasteiger partial charge in [0.25, 0.3) is 0 Å². The van der Waals surface area contributed by atoms with Crippen molar-refractivity contribution in [2.75, 3.05) is 40.1 Å². The zero-order valence-corrected chi connectivity index (χ0v) is 22.4. The number of benzene rings is 2. The molecule has 0 aliphatic carbocycles. The lowest BCUT2D eigenvalue weighted by Crippen LogP contribution is -2.48. The average Bonchev–Trinajstić information content (AvgIpc) is 2.91. The van der Waals surface area contributed by atoms with Crippen molar-refractivity contribution in [3.63, 3.8) is 0 Å². The molecule has 0 saturated carbocycles. The van der Waals surface area contributed by atoms with Crippen LogP contribution in [0.25, 0.3) is 0 Å². The lowest BCUT2D eigenvalue weighted by atomic mass is 10.1. The number of carbonyl (C=O) groups is 2. The Labute approximate surface area is 230 Å². The normalized spacial score (nSPS) is 19.6. The minimum atomic E-state index is -0.570. The molecule has 0 radical (unpaired) electrons. The highest BCUT2D eigenvalue weighted by molar-refractivity contribution is 6.30. The molecule has 0 bridgehead atoms. The van der Waals surface area contributed by atoms with Crippen LogP contribution in [0.15, 0.2) is 54.4 Å². The van der Waals surface area contributed by atoms with E-state index in [1.54, 1.807) is 40.1 Å². The fourth-order valence-electron chi connectivity index (χ4n) is 4.30. The predicted molar refractivity (Wildman–Crippen MR) is 147 cm³/mol. The van der Waals surface area contributed by atoms with Gasteiger partial charge in [-0.25, -0.2) is 0 Å². The summed E-state index contributed by atoms with van der Waals surface area (Å²) in [6.45, 7) is 2.48.